The number of hydrogen-bond donors (Lipinski definition) is 1. The number of nitrogens with zero attached hydrogens (tertiary/aromatic N) is 4. The lowest BCUT2D eigenvalue weighted by Crippen LogP contribution is -2.30. The van der Waals surface area contributed by atoms with E-state index < -0.39 is 17.3 Å². The summed E-state index contributed by atoms with van der Waals surface area (Å²) in [6.07, 6.45) is 1.36. The molecule has 30 heavy (non-hydrogen) atoms. The molecule has 1 N–H and O–H groups in total. The summed E-state index contributed by atoms with van der Waals surface area (Å²) < 4.78 is 16.3. The number of halogens is 2. The van der Waals surface area contributed by atoms with Gasteiger partial charge in [-0.15, -0.1) is 0 Å². The van der Waals surface area contributed by atoms with Crippen molar-refractivity contribution in [2.75, 3.05) is 5.32 Å². The largest absolute Gasteiger partial charge is 0.322 e. The highest BCUT2D eigenvalue weighted by Crippen LogP contribution is 2.23. The number of fused-ring (bicyclic) bond motifs is 1. The van der Waals surface area contributed by atoms with Gasteiger partial charge in [0, 0.05) is 10.6 Å². The lowest BCUT2D eigenvalue weighted by atomic mass is 10.0. The number of nitrogens with one attached hydrogen (secondary N) is 1. The molecule has 4 rings (SSSR count). The molecule has 0 aliphatic rings. The third-order valence-electron chi connectivity index (χ3n) is 4.66. The van der Waals surface area contributed by atoms with E-state index in [1.165, 1.54) is 23.0 Å². The molecule has 2 aromatic carbocycles. The molecule has 0 unspecified atom stereocenters. The highest BCUT2D eigenvalue weighted by molar-refractivity contribution is 6.30. The zero-order chi connectivity index (χ0) is 21.4. The average Bonchev–Trinajstić information content (AvgIpc) is 3.13. The second-order valence-electron chi connectivity index (χ2n) is 6.94. The van der Waals surface area contributed by atoms with E-state index in [1.54, 1.807) is 6.07 Å². The third kappa shape index (κ3) is 3.81. The van der Waals surface area contributed by atoms with E-state index in [1.807, 2.05) is 32.0 Å². The number of carbonyl (C=O) groups excluding carboxylic acids is 1. The molecule has 0 spiro atoms. The molecule has 4 aromatic rings. The fraction of sp³-hybridized carbons (Fsp3) is 0.143. The van der Waals surface area contributed by atoms with E-state index in [-0.39, 0.29) is 22.8 Å². The number of carbonyl (C=O) groups is 1. The summed E-state index contributed by atoms with van der Waals surface area (Å²) in [7, 11) is 0. The number of aryl methyl sites for hydroxylation is 2. The SMILES string of the molecule is Cc1ccc(C)c(-c2cc3c(=O)n(CC(=O)Nc4ccc(Cl)cc4F)ncn3n2)c1. The van der Waals surface area contributed by atoms with Crippen LogP contribution in [0.5, 0.6) is 0 Å². The second kappa shape index (κ2) is 7.72. The van der Waals surface area contributed by atoms with Gasteiger partial charge in [0.2, 0.25) is 5.91 Å². The Bertz CT molecular complexity index is 1350. The van der Waals surface area contributed by atoms with Crippen molar-refractivity contribution in [2.45, 2.75) is 20.4 Å². The first kappa shape index (κ1) is 19.8. The molecule has 0 saturated carbocycles. The van der Waals surface area contributed by atoms with Gasteiger partial charge in [0.1, 0.15) is 24.2 Å². The van der Waals surface area contributed by atoms with Crippen molar-refractivity contribution in [1.82, 2.24) is 19.4 Å². The first-order chi connectivity index (χ1) is 14.3. The van der Waals surface area contributed by atoms with Gasteiger partial charge in [-0.1, -0.05) is 29.3 Å². The fourth-order valence-electron chi connectivity index (χ4n) is 3.11. The summed E-state index contributed by atoms with van der Waals surface area (Å²) in [5.41, 5.74) is 3.44. The summed E-state index contributed by atoms with van der Waals surface area (Å²) >= 11 is 5.71. The van der Waals surface area contributed by atoms with Crippen molar-refractivity contribution >= 4 is 28.7 Å². The van der Waals surface area contributed by atoms with Crippen LogP contribution in [0.1, 0.15) is 11.1 Å². The first-order valence-corrected chi connectivity index (χ1v) is 9.47. The fourth-order valence-corrected chi connectivity index (χ4v) is 3.27. The van der Waals surface area contributed by atoms with Crippen LogP contribution >= 0.6 is 11.6 Å². The van der Waals surface area contributed by atoms with Crippen LogP contribution in [0.2, 0.25) is 5.02 Å². The number of amides is 1. The monoisotopic (exact) mass is 425 g/mol. The summed E-state index contributed by atoms with van der Waals surface area (Å²) in [6, 6.07) is 11.6. The highest BCUT2D eigenvalue weighted by atomic mass is 35.5. The third-order valence-corrected chi connectivity index (χ3v) is 4.89. The van der Waals surface area contributed by atoms with Crippen LogP contribution in [0.4, 0.5) is 10.1 Å². The van der Waals surface area contributed by atoms with Crippen molar-refractivity contribution in [3.63, 3.8) is 0 Å². The summed E-state index contributed by atoms with van der Waals surface area (Å²) in [6.45, 7) is 3.58. The molecule has 1 amide bonds. The Morgan fingerprint density at radius 1 is 1.17 bits per heavy atom. The smallest absolute Gasteiger partial charge is 0.293 e. The van der Waals surface area contributed by atoms with Crippen LogP contribution in [0.25, 0.3) is 16.8 Å². The zero-order valence-corrected chi connectivity index (χ0v) is 16.9. The molecule has 0 fully saturated rings. The van der Waals surface area contributed by atoms with Crippen molar-refractivity contribution < 1.29 is 9.18 Å². The van der Waals surface area contributed by atoms with E-state index in [4.69, 9.17) is 11.6 Å². The number of benzene rings is 2. The van der Waals surface area contributed by atoms with Crippen LogP contribution < -0.4 is 10.9 Å². The molecule has 0 saturated heterocycles. The van der Waals surface area contributed by atoms with Gasteiger partial charge >= 0.3 is 0 Å². The van der Waals surface area contributed by atoms with E-state index in [0.29, 0.717) is 5.69 Å². The summed E-state index contributed by atoms with van der Waals surface area (Å²) in [5.74, 6) is -1.26. The van der Waals surface area contributed by atoms with Gasteiger partial charge in [0.05, 0.1) is 11.4 Å². The van der Waals surface area contributed by atoms with Gasteiger partial charge in [0.25, 0.3) is 5.56 Å². The molecule has 7 nitrogen and oxygen atoms in total. The Morgan fingerprint density at radius 3 is 2.73 bits per heavy atom. The van der Waals surface area contributed by atoms with Crippen molar-refractivity contribution in [3.8, 4) is 11.3 Å². The van der Waals surface area contributed by atoms with Gasteiger partial charge in [0.15, 0.2) is 0 Å². The molecule has 0 radical (unpaired) electrons. The molecular formula is C21H17ClFN5O2. The van der Waals surface area contributed by atoms with Gasteiger partial charge < -0.3 is 5.32 Å². The van der Waals surface area contributed by atoms with E-state index in [0.717, 1.165) is 27.4 Å². The standard InChI is InChI=1S/C21H17ClFN5O2/c1-12-3-4-13(2)15(7-12)18-9-19-21(30)27(24-11-28(19)26-18)10-20(29)25-17-6-5-14(22)8-16(17)23/h3-9,11H,10H2,1-2H3,(H,25,29). The predicted molar refractivity (Wildman–Crippen MR) is 112 cm³/mol. The van der Waals surface area contributed by atoms with E-state index in [9.17, 15) is 14.0 Å². The van der Waals surface area contributed by atoms with Crippen molar-refractivity contribution in [3.05, 3.63) is 81.1 Å². The topological polar surface area (TPSA) is 81.3 Å². The van der Waals surface area contributed by atoms with Crippen LogP contribution in [0, 0.1) is 19.7 Å². The number of anilines is 1. The maximum Gasteiger partial charge on any atom is 0.293 e. The molecular weight excluding hydrogens is 409 g/mol. The van der Waals surface area contributed by atoms with Gasteiger partial charge in [-0.25, -0.2) is 13.6 Å². The molecule has 0 bridgehead atoms. The van der Waals surface area contributed by atoms with E-state index >= 15 is 0 Å². The zero-order valence-electron chi connectivity index (χ0n) is 16.2. The Balaban J connectivity index is 1.62. The van der Waals surface area contributed by atoms with Gasteiger partial charge in [-0.2, -0.15) is 10.2 Å². The molecule has 9 heteroatoms. The second-order valence-corrected chi connectivity index (χ2v) is 7.38. The molecule has 0 atom stereocenters. The minimum Gasteiger partial charge on any atom is -0.322 e. The minimum atomic E-state index is -0.666. The maximum atomic E-state index is 13.9. The number of hydrogen-bond acceptors (Lipinski definition) is 4. The Hall–Kier alpha value is -3.52. The predicted octanol–water partition coefficient (Wildman–Crippen LogP) is 3.61. The summed E-state index contributed by atoms with van der Waals surface area (Å²) in [4.78, 5) is 25.1. The highest BCUT2D eigenvalue weighted by Gasteiger charge is 2.14. The van der Waals surface area contributed by atoms with Crippen molar-refractivity contribution in [1.29, 1.82) is 0 Å². The molecule has 152 valence electrons. The molecule has 0 aliphatic heterocycles. The van der Waals surface area contributed by atoms with E-state index in [2.05, 4.69) is 15.5 Å². The van der Waals surface area contributed by atoms with Crippen LogP contribution in [0.15, 0.2) is 53.6 Å². The van der Waals surface area contributed by atoms with Gasteiger partial charge in [-0.05, 0) is 49.7 Å². The van der Waals surface area contributed by atoms with Crippen LogP contribution in [0.3, 0.4) is 0 Å². The lowest BCUT2D eigenvalue weighted by Gasteiger charge is -2.07. The first-order valence-electron chi connectivity index (χ1n) is 9.10. The lowest BCUT2D eigenvalue weighted by molar-refractivity contribution is -0.117. The van der Waals surface area contributed by atoms with Crippen LogP contribution in [-0.4, -0.2) is 25.3 Å². The van der Waals surface area contributed by atoms with Gasteiger partial charge in [-0.3, -0.25) is 9.59 Å². The quantitative estimate of drug-likeness (QED) is 0.541. The van der Waals surface area contributed by atoms with Crippen LogP contribution in [-0.2, 0) is 11.3 Å². The Morgan fingerprint density at radius 2 is 1.97 bits per heavy atom. The normalized spacial score (nSPS) is 11.1. The number of aromatic nitrogens is 4. The van der Waals surface area contributed by atoms with Crippen molar-refractivity contribution in [2.24, 2.45) is 0 Å². The Labute approximate surface area is 175 Å². The molecule has 2 heterocycles. The minimum absolute atomic E-state index is 0.0277. The number of rotatable bonds is 4. The summed E-state index contributed by atoms with van der Waals surface area (Å²) in [5, 5.41) is 11.1. The molecule has 2 aromatic heterocycles. The molecule has 0 aliphatic carbocycles. The average molecular weight is 426 g/mol. The Kier molecular flexibility index (Phi) is 5.09. The maximum absolute atomic E-state index is 13.9.